The van der Waals surface area contributed by atoms with Gasteiger partial charge in [0.25, 0.3) is 0 Å². The van der Waals surface area contributed by atoms with E-state index >= 15 is 0 Å². The molecule has 0 spiro atoms. The maximum atomic E-state index is 10.7. The minimum absolute atomic E-state index is 0.204. The monoisotopic (exact) mass is 254 g/mol. The van der Waals surface area contributed by atoms with Crippen LogP contribution in [0.4, 0.5) is 0 Å². The van der Waals surface area contributed by atoms with E-state index in [-0.39, 0.29) is 6.54 Å². The maximum absolute atomic E-state index is 10.7. The molecule has 2 rings (SSSR count). The van der Waals surface area contributed by atoms with E-state index in [0.29, 0.717) is 0 Å². The zero-order chi connectivity index (χ0) is 13.0. The molecule has 1 saturated carbocycles. The summed E-state index contributed by atoms with van der Waals surface area (Å²) in [5.74, 6) is 0.190. The summed E-state index contributed by atoms with van der Waals surface area (Å²) in [6.45, 7) is 6.50. The predicted molar refractivity (Wildman–Crippen MR) is 71.7 cm³/mol. The average molecular weight is 254 g/mol. The van der Waals surface area contributed by atoms with Gasteiger partial charge in [0, 0.05) is 32.2 Å². The van der Waals surface area contributed by atoms with Gasteiger partial charge >= 0.3 is 5.97 Å². The number of nitrogens with zero attached hydrogens (tertiary/aromatic N) is 2. The van der Waals surface area contributed by atoms with Crippen LogP contribution in [0.5, 0.6) is 0 Å². The van der Waals surface area contributed by atoms with Crippen molar-refractivity contribution in [1.29, 1.82) is 0 Å². The number of piperazine rings is 1. The lowest BCUT2D eigenvalue weighted by Crippen LogP contribution is -2.51. The first-order valence-electron chi connectivity index (χ1n) is 7.33. The second kappa shape index (κ2) is 6.53. The van der Waals surface area contributed by atoms with E-state index in [9.17, 15) is 4.79 Å². The van der Waals surface area contributed by atoms with Crippen molar-refractivity contribution in [3.8, 4) is 0 Å². The lowest BCUT2D eigenvalue weighted by molar-refractivity contribution is -0.138. The third kappa shape index (κ3) is 3.95. The Morgan fingerprint density at radius 2 is 1.83 bits per heavy atom. The fraction of sp³-hybridized carbons (Fsp3) is 0.929. The Labute approximate surface area is 110 Å². The fourth-order valence-corrected chi connectivity index (χ4v) is 3.31. The van der Waals surface area contributed by atoms with E-state index < -0.39 is 5.97 Å². The Morgan fingerprint density at radius 3 is 2.50 bits per heavy atom. The zero-order valence-corrected chi connectivity index (χ0v) is 11.5. The second-order valence-electron chi connectivity index (χ2n) is 5.97. The van der Waals surface area contributed by atoms with Gasteiger partial charge in [-0.15, -0.1) is 0 Å². The lowest BCUT2D eigenvalue weighted by atomic mass is 10.0. The van der Waals surface area contributed by atoms with E-state index in [4.69, 9.17) is 5.11 Å². The molecule has 1 N–H and O–H groups in total. The minimum Gasteiger partial charge on any atom is -0.480 e. The highest BCUT2D eigenvalue weighted by molar-refractivity contribution is 5.69. The third-order valence-electron chi connectivity index (χ3n) is 4.51. The van der Waals surface area contributed by atoms with Gasteiger partial charge in [0.05, 0.1) is 6.54 Å². The molecule has 4 nitrogen and oxygen atoms in total. The summed E-state index contributed by atoms with van der Waals surface area (Å²) >= 11 is 0. The number of hydrogen-bond donors (Lipinski definition) is 1. The van der Waals surface area contributed by atoms with Crippen LogP contribution in [0, 0.1) is 5.92 Å². The standard InChI is InChI=1S/C14H26N2O2/c1-12-3-2-4-13(6-5-12)16-9-7-15(8-10-16)11-14(17)18/h12-13H,2-11H2,1H3,(H,17,18). The molecule has 2 fully saturated rings. The van der Waals surface area contributed by atoms with E-state index in [1.54, 1.807) is 0 Å². The average Bonchev–Trinajstić information content (AvgIpc) is 2.54. The van der Waals surface area contributed by atoms with Gasteiger partial charge in [0.15, 0.2) is 0 Å². The van der Waals surface area contributed by atoms with Crippen LogP contribution in [0.2, 0.25) is 0 Å². The molecule has 1 saturated heterocycles. The number of carboxylic acid groups (broad SMARTS) is 1. The van der Waals surface area contributed by atoms with E-state index in [1.165, 1.54) is 32.1 Å². The number of carbonyl (C=O) groups is 1. The molecule has 4 heteroatoms. The first-order chi connectivity index (χ1) is 8.65. The van der Waals surface area contributed by atoms with Gasteiger partial charge in [0.2, 0.25) is 0 Å². The highest BCUT2D eigenvalue weighted by atomic mass is 16.4. The van der Waals surface area contributed by atoms with E-state index in [1.807, 2.05) is 0 Å². The van der Waals surface area contributed by atoms with Crippen LogP contribution in [0.3, 0.4) is 0 Å². The van der Waals surface area contributed by atoms with Crippen LogP contribution in [0.15, 0.2) is 0 Å². The van der Waals surface area contributed by atoms with Crippen molar-refractivity contribution in [3.63, 3.8) is 0 Å². The fourth-order valence-electron chi connectivity index (χ4n) is 3.31. The van der Waals surface area contributed by atoms with Crippen LogP contribution in [-0.4, -0.2) is 59.6 Å². The normalized spacial score (nSPS) is 32.1. The Bertz CT molecular complexity index is 275. The van der Waals surface area contributed by atoms with Crippen molar-refractivity contribution in [1.82, 2.24) is 9.80 Å². The molecule has 0 bridgehead atoms. The molecule has 0 aromatic carbocycles. The summed E-state index contributed by atoms with van der Waals surface area (Å²) in [5.41, 5.74) is 0. The molecular weight excluding hydrogens is 228 g/mol. The second-order valence-corrected chi connectivity index (χ2v) is 5.97. The van der Waals surface area contributed by atoms with E-state index in [2.05, 4.69) is 16.7 Å². The molecule has 2 unspecified atom stereocenters. The molecule has 0 radical (unpaired) electrons. The molecule has 0 aromatic rings. The quantitative estimate of drug-likeness (QED) is 0.778. The summed E-state index contributed by atoms with van der Waals surface area (Å²) in [4.78, 5) is 15.3. The summed E-state index contributed by atoms with van der Waals surface area (Å²) in [6.07, 6.45) is 6.78. The van der Waals surface area contributed by atoms with Crippen molar-refractivity contribution in [3.05, 3.63) is 0 Å². The van der Waals surface area contributed by atoms with Gasteiger partial charge in [-0.1, -0.05) is 19.8 Å². The highest BCUT2D eigenvalue weighted by Crippen LogP contribution is 2.26. The minimum atomic E-state index is -0.702. The van der Waals surface area contributed by atoms with Crippen molar-refractivity contribution in [2.75, 3.05) is 32.7 Å². The maximum Gasteiger partial charge on any atom is 0.317 e. The lowest BCUT2D eigenvalue weighted by Gasteiger charge is -2.38. The smallest absolute Gasteiger partial charge is 0.317 e. The van der Waals surface area contributed by atoms with Crippen molar-refractivity contribution in [2.45, 2.75) is 45.1 Å². The van der Waals surface area contributed by atoms with Crippen molar-refractivity contribution >= 4 is 5.97 Å². The summed E-state index contributed by atoms with van der Waals surface area (Å²) in [6, 6.07) is 0.752. The van der Waals surface area contributed by atoms with Crippen LogP contribution in [-0.2, 0) is 4.79 Å². The highest BCUT2D eigenvalue weighted by Gasteiger charge is 2.26. The van der Waals surface area contributed by atoms with Crippen LogP contribution >= 0.6 is 0 Å². The number of aliphatic carboxylic acids is 1. The van der Waals surface area contributed by atoms with Crippen molar-refractivity contribution in [2.24, 2.45) is 5.92 Å². The van der Waals surface area contributed by atoms with Crippen molar-refractivity contribution < 1.29 is 9.90 Å². The number of hydrogen-bond acceptors (Lipinski definition) is 3. The predicted octanol–water partition coefficient (Wildman–Crippen LogP) is 1.66. The topological polar surface area (TPSA) is 43.8 Å². The zero-order valence-electron chi connectivity index (χ0n) is 11.5. The van der Waals surface area contributed by atoms with Gasteiger partial charge in [-0.2, -0.15) is 0 Å². The van der Waals surface area contributed by atoms with Crippen LogP contribution in [0.25, 0.3) is 0 Å². The molecule has 104 valence electrons. The largest absolute Gasteiger partial charge is 0.480 e. The Balaban J connectivity index is 1.76. The molecule has 1 aliphatic heterocycles. The Kier molecular flexibility index (Phi) is 5.01. The summed E-state index contributed by atoms with van der Waals surface area (Å²) in [5, 5.41) is 8.79. The molecule has 1 aliphatic carbocycles. The Hall–Kier alpha value is -0.610. The first kappa shape index (κ1) is 13.8. The SMILES string of the molecule is CC1CCCC(N2CCN(CC(=O)O)CC2)CC1. The van der Waals surface area contributed by atoms with Gasteiger partial charge < -0.3 is 5.11 Å². The Morgan fingerprint density at radius 1 is 1.11 bits per heavy atom. The molecule has 1 heterocycles. The van der Waals surface area contributed by atoms with Gasteiger partial charge in [-0.3, -0.25) is 14.6 Å². The first-order valence-corrected chi connectivity index (χ1v) is 7.33. The van der Waals surface area contributed by atoms with Gasteiger partial charge in [-0.05, 0) is 25.2 Å². The van der Waals surface area contributed by atoms with Gasteiger partial charge in [0.1, 0.15) is 0 Å². The third-order valence-corrected chi connectivity index (χ3v) is 4.51. The van der Waals surface area contributed by atoms with Crippen LogP contribution in [0.1, 0.15) is 39.0 Å². The molecule has 2 atom stereocenters. The molecule has 18 heavy (non-hydrogen) atoms. The summed E-state index contributed by atoms with van der Waals surface area (Å²) in [7, 11) is 0. The van der Waals surface area contributed by atoms with Crippen LogP contribution < -0.4 is 0 Å². The molecule has 0 aromatic heterocycles. The molecule has 0 amide bonds. The molecular formula is C14H26N2O2. The van der Waals surface area contributed by atoms with Gasteiger partial charge in [-0.25, -0.2) is 0 Å². The van der Waals surface area contributed by atoms with E-state index in [0.717, 1.165) is 38.1 Å². The number of rotatable bonds is 3. The molecule has 2 aliphatic rings. The number of carboxylic acids is 1. The summed E-state index contributed by atoms with van der Waals surface area (Å²) < 4.78 is 0.